The maximum absolute atomic E-state index is 12.8. The van der Waals surface area contributed by atoms with Crippen molar-refractivity contribution in [2.45, 2.75) is 6.92 Å². The highest BCUT2D eigenvalue weighted by Crippen LogP contribution is 2.22. The number of aromatic nitrogens is 2. The van der Waals surface area contributed by atoms with Crippen LogP contribution in [0.3, 0.4) is 0 Å². The molecule has 0 aliphatic heterocycles. The largest absolute Gasteiger partial charge is 0.341 e. The van der Waals surface area contributed by atoms with E-state index in [0.29, 0.717) is 9.99 Å². The molecule has 1 N–H and O–H groups in total. The lowest BCUT2D eigenvalue weighted by atomic mass is 10.3. The molecule has 0 spiro atoms. The molecule has 0 saturated heterocycles. The van der Waals surface area contributed by atoms with Crippen LogP contribution in [0.2, 0.25) is 0 Å². The van der Waals surface area contributed by atoms with E-state index in [9.17, 15) is 4.39 Å². The zero-order chi connectivity index (χ0) is 8.72. The normalized spacial score (nSPS) is 10.9. The highest BCUT2D eigenvalue weighted by atomic mass is 79.9. The molecule has 62 valence electrons. The summed E-state index contributed by atoms with van der Waals surface area (Å²) in [6.07, 6.45) is 0. The molecule has 0 unspecified atom stereocenters. The maximum Gasteiger partial charge on any atom is 0.126 e. The SMILES string of the molecule is Cc1nc2cc(F)cc(Br)c2[nH]1. The summed E-state index contributed by atoms with van der Waals surface area (Å²) < 4.78 is 13.5. The van der Waals surface area contributed by atoms with Gasteiger partial charge in [0, 0.05) is 10.5 Å². The Labute approximate surface area is 76.9 Å². The summed E-state index contributed by atoms with van der Waals surface area (Å²) >= 11 is 3.25. The molecule has 1 heterocycles. The predicted molar refractivity (Wildman–Crippen MR) is 48.5 cm³/mol. The van der Waals surface area contributed by atoms with Crippen LogP contribution in [-0.4, -0.2) is 9.97 Å². The molecule has 2 aromatic rings. The Kier molecular flexibility index (Phi) is 1.65. The van der Waals surface area contributed by atoms with Crippen molar-refractivity contribution in [2.75, 3.05) is 0 Å². The molecule has 12 heavy (non-hydrogen) atoms. The van der Waals surface area contributed by atoms with Crippen LogP contribution >= 0.6 is 15.9 Å². The minimum atomic E-state index is -0.277. The molecule has 0 atom stereocenters. The van der Waals surface area contributed by atoms with E-state index in [0.717, 1.165) is 11.3 Å². The fourth-order valence-electron chi connectivity index (χ4n) is 1.16. The highest BCUT2D eigenvalue weighted by molar-refractivity contribution is 9.10. The zero-order valence-electron chi connectivity index (χ0n) is 6.36. The van der Waals surface area contributed by atoms with Gasteiger partial charge in [-0.25, -0.2) is 9.37 Å². The third-order valence-corrected chi connectivity index (χ3v) is 2.25. The molecule has 0 aliphatic rings. The topological polar surface area (TPSA) is 28.7 Å². The first-order valence-corrected chi connectivity index (χ1v) is 4.27. The average molecular weight is 229 g/mol. The standard InChI is InChI=1S/C8H6BrFN2/c1-4-11-7-3-5(10)2-6(9)8(7)12-4/h2-3H,1H3,(H,11,12). The summed E-state index contributed by atoms with van der Waals surface area (Å²) in [5.74, 6) is 0.511. The number of fused-ring (bicyclic) bond motifs is 1. The number of rotatable bonds is 0. The minimum absolute atomic E-state index is 0.277. The van der Waals surface area contributed by atoms with Crippen LogP contribution < -0.4 is 0 Å². The minimum Gasteiger partial charge on any atom is -0.341 e. The number of benzene rings is 1. The average Bonchev–Trinajstić information content (AvgIpc) is 2.29. The van der Waals surface area contributed by atoms with Crippen molar-refractivity contribution in [3.8, 4) is 0 Å². The first-order valence-electron chi connectivity index (χ1n) is 3.48. The second kappa shape index (κ2) is 2.55. The van der Waals surface area contributed by atoms with Crippen LogP contribution in [-0.2, 0) is 0 Å². The molecule has 0 aliphatic carbocycles. The molecule has 0 radical (unpaired) electrons. The van der Waals surface area contributed by atoms with E-state index < -0.39 is 0 Å². The van der Waals surface area contributed by atoms with Crippen molar-refractivity contribution in [1.29, 1.82) is 0 Å². The Morgan fingerprint density at radius 3 is 3.00 bits per heavy atom. The van der Waals surface area contributed by atoms with Gasteiger partial charge in [0.05, 0.1) is 11.0 Å². The second-order valence-electron chi connectivity index (χ2n) is 2.60. The van der Waals surface area contributed by atoms with Gasteiger partial charge in [0.1, 0.15) is 11.6 Å². The van der Waals surface area contributed by atoms with Crippen molar-refractivity contribution in [1.82, 2.24) is 9.97 Å². The van der Waals surface area contributed by atoms with E-state index in [1.807, 2.05) is 6.92 Å². The summed E-state index contributed by atoms with van der Waals surface area (Å²) in [4.78, 5) is 7.14. The maximum atomic E-state index is 12.8. The van der Waals surface area contributed by atoms with Gasteiger partial charge in [-0.3, -0.25) is 0 Å². The molecular weight excluding hydrogens is 223 g/mol. The predicted octanol–water partition coefficient (Wildman–Crippen LogP) is 2.77. The van der Waals surface area contributed by atoms with E-state index in [1.54, 1.807) is 0 Å². The molecule has 0 amide bonds. The van der Waals surface area contributed by atoms with Crippen LogP contribution in [0.15, 0.2) is 16.6 Å². The summed E-state index contributed by atoms with van der Waals surface area (Å²) in [7, 11) is 0. The lowest BCUT2D eigenvalue weighted by Crippen LogP contribution is -1.76. The van der Waals surface area contributed by atoms with Gasteiger partial charge in [0.2, 0.25) is 0 Å². The van der Waals surface area contributed by atoms with E-state index in [1.165, 1.54) is 12.1 Å². The number of aryl methyl sites for hydroxylation is 1. The smallest absolute Gasteiger partial charge is 0.126 e. The number of hydrogen-bond donors (Lipinski definition) is 1. The Morgan fingerprint density at radius 2 is 2.25 bits per heavy atom. The van der Waals surface area contributed by atoms with E-state index in [4.69, 9.17) is 0 Å². The first-order chi connectivity index (χ1) is 5.66. The van der Waals surface area contributed by atoms with E-state index in [2.05, 4.69) is 25.9 Å². The van der Waals surface area contributed by atoms with Crippen LogP contribution in [0.1, 0.15) is 5.82 Å². The number of hydrogen-bond acceptors (Lipinski definition) is 1. The molecule has 0 fully saturated rings. The molecule has 2 rings (SSSR count). The number of H-pyrrole nitrogens is 1. The second-order valence-corrected chi connectivity index (χ2v) is 3.46. The Balaban J connectivity index is 2.88. The van der Waals surface area contributed by atoms with Gasteiger partial charge in [-0.05, 0) is 28.9 Å². The number of nitrogens with one attached hydrogen (secondary N) is 1. The third-order valence-electron chi connectivity index (χ3n) is 1.63. The van der Waals surface area contributed by atoms with Gasteiger partial charge in [0.25, 0.3) is 0 Å². The monoisotopic (exact) mass is 228 g/mol. The Morgan fingerprint density at radius 1 is 1.50 bits per heavy atom. The molecule has 2 nitrogen and oxygen atoms in total. The molecule has 0 saturated carbocycles. The van der Waals surface area contributed by atoms with Gasteiger partial charge in [-0.1, -0.05) is 0 Å². The fraction of sp³-hybridized carbons (Fsp3) is 0.125. The van der Waals surface area contributed by atoms with Crippen LogP contribution in [0.25, 0.3) is 11.0 Å². The lowest BCUT2D eigenvalue weighted by Gasteiger charge is -1.92. The van der Waals surface area contributed by atoms with Crippen LogP contribution in [0.5, 0.6) is 0 Å². The van der Waals surface area contributed by atoms with Gasteiger partial charge < -0.3 is 4.98 Å². The van der Waals surface area contributed by atoms with Crippen molar-refractivity contribution < 1.29 is 4.39 Å². The Hall–Kier alpha value is -0.900. The van der Waals surface area contributed by atoms with E-state index in [-0.39, 0.29) is 5.82 Å². The first kappa shape index (κ1) is 7.73. The van der Waals surface area contributed by atoms with Gasteiger partial charge >= 0.3 is 0 Å². The van der Waals surface area contributed by atoms with Crippen LogP contribution in [0.4, 0.5) is 4.39 Å². The van der Waals surface area contributed by atoms with E-state index >= 15 is 0 Å². The third kappa shape index (κ3) is 1.12. The summed E-state index contributed by atoms with van der Waals surface area (Å²) in [5, 5.41) is 0. The van der Waals surface area contributed by atoms with Crippen molar-refractivity contribution in [2.24, 2.45) is 0 Å². The summed E-state index contributed by atoms with van der Waals surface area (Å²) in [6.45, 7) is 1.84. The molecule has 1 aromatic heterocycles. The highest BCUT2D eigenvalue weighted by Gasteiger charge is 2.04. The van der Waals surface area contributed by atoms with Gasteiger partial charge in [-0.2, -0.15) is 0 Å². The fourth-order valence-corrected chi connectivity index (χ4v) is 1.68. The zero-order valence-corrected chi connectivity index (χ0v) is 7.94. The molecule has 1 aromatic carbocycles. The molecule has 0 bridgehead atoms. The van der Waals surface area contributed by atoms with Crippen molar-refractivity contribution >= 4 is 27.0 Å². The van der Waals surface area contributed by atoms with Gasteiger partial charge in [0.15, 0.2) is 0 Å². The van der Waals surface area contributed by atoms with Gasteiger partial charge in [-0.15, -0.1) is 0 Å². The van der Waals surface area contributed by atoms with Crippen molar-refractivity contribution in [3.63, 3.8) is 0 Å². The quantitative estimate of drug-likeness (QED) is 0.739. The summed E-state index contributed by atoms with van der Waals surface area (Å²) in [6, 6.07) is 2.82. The number of halogens is 2. The number of aromatic amines is 1. The molecule has 4 heteroatoms. The lowest BCUT2D eigenvalue weighted by molar-refractivity contribution is 0.628. The summed E-state index contributed by atoms with van der Waals surface area (Å²) in [5.41, 5.74) is 1.49. The number of nitrogens with zero attached hydrogens (tertiary/aromatic N) is 1. The van der Waals surface area contributed by atoms with Crippen LogP contribution in [0, 0.1) is 12.7 Å². The van der Waals surface area contributed by atoms with Crippen molar-refractivity contribution in [3.05, 3.63) is 28.2 Å². The molecular formula is C8H6BrFN2. The Bertz CT molecular complexity index is 436. The number of imidazole rings is 1.